The van der Waals surface area contributed by atoms with Gasteiger partial charge in [-0.25, -0.2) is 0 Å². The average Bonchev–Trinajstić information content (AvgIpc) is 2.71. The van der Waals surface area contributed by atoms with Gasteiger partial charge in [0.2, 0.25) is 0 Å². The number of benzene rings is 1. The van der Waals surface area contributed by atoms with E-state index in [0.717, 1.165) is 56.3 Å². The lowest BCUT2D eigenvalue weighted by Crippen LogP contribution is -2.56. The number of nitrogens with zero attached hydrogens (tertiary/aromatic N) is 2. The molecule has 0 bridgehead atoms. The SMILES string of the molecule is C[C@H]1CN(C2CCN(c3cc(=O)cc[nH]3)CC2)[C@@H](Cc2ccc(Cl)cc2)CO1. The van der Waals surface area contributed by atoms with Gasteiger partial charge in [-0.05, 0) is 43.9 Å². The third-order valence-corrected chi connectivity index (χ3v) is 6.18. The molecule has 150 valence electrons. The zero-order chi connectivity index (χ0) is 19.5. The third kappa shape index (κ3) is 4.59. The second-order valence-electron chi connectivity index (χ2n) is 7.95. The lowest BCUT2D eigenvalue weighted by atomic mass is 9.96. The number of H-pyrrole nitrogens is 1. The van der Waals surface area contributed by atoms with Crippen LogP contribution in [0.25, 0.3) is 0 Å². The first-order chi connectivity index (χ1) is 13.6. The van der Waals surface area contributed by atoms with E-state index in [9.17, 15) is 4.79 Å². The summed E-state index contributed by atoms with van der Waals surface area (Å²) in [5.41, 5.74) is 1.36. The molecular weight excluding hydrogens is 374 g/mol. The van der Waals surface area contributed by atoms with E-state index >= 15 is 0 Å². The van der Waals surface area contributed by atoms with Crippen molar-refractivity contribution in [2.45, 2.75) is 44.4 Å². The highest BCUT2D eigenvalue weighted by atomic mass is 35.5. The fraction of sp³-hybridized carbons (Fsp3) is 0.500. The van der Waals surface area contributed by atoms with Crippen molar-refractivity contribution < 1.29 is 4.74 Å². The van der Waals surface area contributed by atoms with Crippen molar-refractivity contribution in [1.82, 2.24) is 9.88 Å². The largest absolute Gasteiger partial charge is 0.376 e. The predicted molar refractivity (Wildman–Crippen MR) is 113 cm³/mol. The molecule has 2 atom stereocenters. The van der Waals surface area contributed by atoms with Gasteiger partial charge in [-0.1, -0.05) is 23.7 Å². The second-order valence-corrected chi connectivity index (χ2v) is 8.39. The van der Waals surface area contributed by atoms with Crippen LogP contribution in [-0.4, -0.2) is 54.3 Å². The van der Waals surface area contributed by atoms with Crippen molar-refractivity contribution in [1.29, 1.82) is 0 Å². The quantitative estimate of drug-likeness (QED) is 0.853. The summed E-state index contributed by atoms with van der Waals surface area (Å²) in [6, 6.07) is 12.4. The van der Waals surface area contributed by atoms with Gasteiger partial charge in [-0.3, -0.25) is 9.69 Å². The first kappa shape index (κ1) is 19.5. The molecule has 2 saturated heterocycles. The van der Waals surface area contributed by atoms with Crippen molar-refractivity contribution >= 4 is 17.4 Å². The lowest BCUT2D eigenvalue weighted by Gasteiger charge is -2.46. The van der Waals surface area contributed by atoms with Crippen LogP contribution in [-0.2, 0) is 11.2 Å². The number of piperidine rings is 1. The van der Waals surface area contributed by atoms with Crippen LogP contribution < -0.4 is 10.3 Å². The molecule has 0 aliphatic carbocycles. The molecule has 28 heavy (non-hydrogen) atoms. The van der Waals surface area contributed by atoms with Gasteiger partial charge in [-0.15, -0.1) is 0 Å². The van der Waals surface area contributed by atoms with Gasteiger partial charge in [-0.2, -0.15) is 0 Å². The van der Waals surface area contributed by atoms with Crippen molar-refractivity contribution in [2.24, 2.45) is 0 Å². The first-order valence-electron chi connectivity index (χ1n) is 10.1. The molecular formula is C22H28ClN3O2. The molecule has 0 amide bonds. The van der Waals surface area contributed by atoms with Crippen LogP contribution in [0, 0.1) is 0 Å². The van der Waals surface area contributed by atoms with Gasteiger partial charge in [0, 0.05) is 55.1 Å². The minimum absolute atomic E-state index is 0.0564. The minimum atomic E-state index is 0.0564. The van der Waals surface area contributed by atoms with Crippen LogP contribution in [0.1, 0.15) is 25.3 Å². The van der Waals surface area contributed by atoms with Crippen LogP contribution in [0.3, 0.4) is 0 Å². The van der Waals surface area contributed by atoms with Crippen LogP contribution >= 0.6 is 11.6 Å². The Balaban J connectivity index is 1.42. The fourth-order valence-electron chi connectivity index (χ4n) is 4.44. The van der Waals surface area contributed by atoms with E-state index in [1.165, 1.54) is 5.56 Å². The zero-order valence-corrected chi connectivity index (χ0v) is 17.1. The van der Waals surface area contributed by atoms with Gasteiger partial charge in [0.05, 0.1) is 12.7 Å². The molecule has 6 heteroatoms. The number of rotatable bonds is 4. The predicted octanol–water partition coefficient (Wildman–Crippen LogP) is 3.33. The number of ether oxygens (including phenoxy) is 1. The molecule has 5 nitrogen and oxygen atoms in total. The van der Waals surface area contributed by atoms with Crippen molar-refractivity contribution in [3.63, 3.8) is 0 Å². The number of aromatic nitrogens is 1. The number of morpholine rings is 1. The Morgan fingerprint density at radius 1 is 1.18 bits per heavy atom. The smallest absolute Gasteiger partial charge is 0.183 e. The number of pyridine rings is 1. The van der Waals surface area contributed by atoms with Crippen molar-refractivity contribution in [3.8, 4) is 0 Å². The summed E-state index contributed by atoms with van der Waals surface area (Å²) in [5.74, 6) is 0.930. The molecule has 1 N–H and O–H groups in total. The van der Waals surface area contributed by atoms with E-state index in [1.54, 1.807) is 18.3 Å². The van der Waals surface area contributed by atoms with Gasteiger partial charge in [0.1, 0.15) is 5.82 Å². The number of aromatic amines is 1. The molecule has 0 radical (unpaired) electrons. The summed E-state index contributed by atoms with van der Waals surface area (Å²) >= 11 is 6.04. The minimum Gasteiger partial charge on any atom is -0.376 e. The lowest BCUT2D eigenvalue weighted by molar-refractivity contribution is -0.0745. The molecule has 2 aliphatic rings. The van der Waals surface area contributed by atoms with Crippen LogP contribution in [0.15, 0.2) is 47.4 Å². The van der Waals surface area contributed by atoms with E-state index in [0.29, 0.717) is 12.1 Å². The van der Waals surface area contributed by atoms with Gasteiger partial charge in [0.15, 0.2) is 5.43 Å². The molecule has 3 heterocycles. The summed E-state index contributed by atoms with van der Waals surface area (Å²) in [5, 5.41) is 0.778. The van der Waals surface area contributed by atoms with Crippen LogP contribution in [0.2, 0.25) is 5.02 Å². The fourth-order valence-corrected chi connectivity index (χ4v) is 4.57. The molecule has 1 aromatic carbocycles. The van der Waals surface area contributed by atoms with E-state index in [2.05, 4.69) is 33.8 Å². The summed E-state index contributed by atoms with van der Waals surface area (Å²) in [6.45, 7) is 5.84. The molecule has 0 saturated carbocycles. The maximum Gasteiger partial charge on any atom is 0.183 e. The highest BCUT2D eigenvalue weighted by Gasteiger charge is 2.34. The Morgan fingerprint density at radius 3 is 2.64 bits per heavy atom. The monoisotopic (exact) mass is 401 g/mol. The zero-order valence-electron chi connectivity index (χ0n) is 16.3. The standard InChI is InChI=1S/C22H28ClN3O2/c1-16-14-26(20(15-28-16)12-17-2-4-18(23)5-3-17)19-7-10-25(11-8-19)22-13-21(27)6-9-24-22/h2-6,9,13,16,19-20H,7-8,10-12,14-15H2,1H3,(H,24,27)/t16-,20-/m0/s1. The Kier molecular flexibility index (Phi) is 6.04. The van der Waals surface area contributed by atoms with Gasteiger partial charge >= 0.3 is 0 Å². The maximum absolute atomic E-state index is 11.6. The van der Waals surface area contributed by atoms with E-state index in [-0.39, 0.29) is 11.5 Å². The molecule has 2 fully saturated rings. The number of halogens is 1. The maximum atomic E-state index is 11.6. The number of hydrogen-bond acceptors (Lipinski definition) is 4. The number of anilines is 1. The Hall–Kier alpha value is -1.82. The van der Waals surface area contributed by atoms with Gasteiger partial charge < -0.3 is 14.6 Å². The number of nitrogens with one attached hydrogen (secondary N) is 1. The Labute approximate surface area is 171 Å². The van der Waals surface area contributed by atoms with E-state index in [1.807, 2.05) is 12.1 Å². The van der Waals surface area contributed by atoms with E-state index in [4.69, 9.17) is 16.3 Å². The third-order valence-electron chi connectivity index (χ3n) is 5.93. The molecule has 0 spiro atoms. The van der Waals surface area contributed by atoms with Crippen LogP contribution in [0.5, 0.6) is 0 Å². The second kappa shape index (κ2) is 8.68. The Morgan fingerprint density at radius 2 is 1.93 bits per heavy atom. The van der Waals surface area contributed by atoms with Crippen molar-refractivity contribution in [3.05, 3.63) is 63.4 Å². The van der Waals surface area contributed by atoms with Crippen molar-refractivity contribution in [2.75, 3.05) is 31.1 Å². The number of hydrogen-bond donors (Lipinski definition) is 1. The molecule has 4 rings (SSSR count). The van der Waals surface area contributed by atoms with Gasteiger partial charge in [0.25, 0.3) is 0 Å². The van der Waals surface area contributed by atoms with E-state index < -0.39 is 0 Å². The summed E-state index contributed by atoms with van der Waals surface area (Å²) < 4.78 is 5.99. The van der Waals surface area contributed by atoms with Crippen LogP contribution in [0.4, 0.5) is 5.82 Å². The Bertz CT molecular complexity index is 830. The molecule has 1 aromatic heterocycles. The summed E-state index contributed by atoms with van der Waals surface area (Å²) in [4.78, 5) is 19.8. The highest BCUT2D eigenvalue weighted by Crippen LogP contribution is 2.26. The highest BCUT2D eigenvalue weighted by molar-refractivity contribution is 6.30. The average molecular weight is 402 g/mol. The summed E-state index contributed by atoms with van der Waals surface area (Å²) in [6.07, 6.45) is 5.18. The first-order valence-corrected chi connectivity index (χ1v) is 10.5. The normalized spacial score (nSPS) is 24.4. The molecule has 2 aromatic rings. The summed E-state index contributed by atoms with van der Waals surface area (Å²) in [7, 11) is 0. The molecule has 2 aliphatic heterocycles. The molecule has 0 unspecified atom stereocenters. The topological polar surface area (TPSA) is 48.6 Å².